The maximum absolute atomic E-state index is 5.88. The fraction of sp³-hybridized carbons (Fsp3) is 0. The van der Waals surface area contributed by atoms with E-state index in [1.165, 1.54) is 11.3 Å². The average molecular weight is 204 g/mol. The number of hydrogen-bond acceptors (Lipinski definition) is 2. The van der Waals surface area contributed by atoms with E-state index in [2.05, 4.69) is 4.98 Å². The lowest BCUT2D eigenvalue weighted by Crippen LogP contribution is -1.69. The summed E-state index contributed by atoms with van der Waals surface area (Å²) in [7, 11) is 0. The molecule has 0 amide bonds. The smallest absolute Gasteiger partial charge is 0.126 e. The lowest BCUT2D eigenvalue weighted by molar-refractivity contribution is 1.45. The highest BCUT2D eigenvalue weighted by Crippen LogP contribution is 2.31. The normalized spacial score (nSPS) is 10.7. The Morgan fingerprint density at radius 1 is 1.36 bits per heavy atom. The van der Waals surface area contributed by atoms with Crippen LogP contribution < -0.4 is 0 Å². The van der Waals surface area contributed by atoms with Gasteiger partial charge < -0.3 is 0 Å². The third-order valence-electron chi connectivity index (χ3n) is 1.35. The zero-order valence-electron chi connectivity index (χ0n) is 5.34. The monoisotopic (exact) mass is 203 g/mol. The molecule has 0 aliphatic carbocycles. The van der Waals surface area contributed by atoms with Crippen molar-refractivity contribution in [3.8, 4) is 0 Å². The summed E-state index contributed by atoms with van der Waals surface area (Å²) < 4.78 is 0.723. The molecule has 0 radical (unpaired) electrons. The van der Waals surface area contributed by atoms with Gasteiger partial charge in [-0.2, -0.15) is 0 Å². The molecule has 2 aromatic heterocycles. The Labute approximate surface area is 77.6 Å². The van der Waals surface area contributed by atoms with Crippen molar-refractivity contribution >= 4 is 44.8 Å². The molecule has 0 aromatic carbocycles. The number of aromatic nitrogens is 1. The summed E-state index contributed by atoms with van der Waals surface area (Å²) in [6.07, 6.45) is 1.68. The van der Waals surface area contributed by atoms with Crippen LogP contribution in [0.3, 0.4) is 0 Å². The van der Waals surface area contributed by atoms with E-state index in [0.29, 0.717) is 5.02 Å². The van der Waals surface area contributed by atoms with E-state index < -0.39 is 0 Å². The molecular formula is C7H3Cl2NS. The first-order valence-electron chi connectivity index (χ1n) is 2.97. The minimum Gasteiger partial charge on any atom is -0.245 e. The van der Waals surface area contributed by atoms with E-state index in [1.54, 1.807) is 12.3 Å². The van der Waals surface area contributed by atoms with Gasteiger partial charge in [0.25, 0.3) is 0 Å². The van der Waals surface area contributed by atoms with Crippen molar-refractivity contribution in [2.24, 2.45) is 0 Å². The summed E-state index contributed by atoms with van der Waals surface area (Å²) in [5.74, 6) is 0. The van der Waals surface area contributed by atoms with Gasteiger partial charge in [0.1, 0.15) is 4.83 Å². The van der Waals surface area contributed by atoms with Crippen molar-refractivity contribution in [3.05, 3.63) is 27.7 Å². The molecule has 0 saturated carbocycles. The van der Waals surface area contributed by atoms with E-state index in [0.717, 1.165) is 14.6 Å². The Kier molecular flexibility index (Phi) is 1.75. The average Bonchev–Trinajstić information content (AvgIpc) is 2.31. The fourth-order valence-corrected chi connectivity index (χ4v) is 2.22. The van der Waals surface area contributed by atoms with Crippen molar-refractivity contribution < 1.29 is 0 Å². The van der Waals surface area contributed by atoms with Crippen molar-refractivity contribution in [1.29, 1.82) is 0 Å². The molecule has 0 fully saturated rings. The molecule has 0 spiro atoms. The summed E-state index contributed by atoms with van der Waals surface area (Å²) >= 11 is 13.1. The van der Waals surface area contributed by atoms with Crippen LogP contribution in [0.4, 0.5) is 0 Å². The lowest BCUT2D eigenvalue weighted by Gasteiger charge is -1.88. The highest BCUT2D eigenvalue weighted by molar-refractivity contribution is 7.22. The molecule has 11 heavy (non-hydrogen) atoms. The number of fused-ring (bicyclic) bond motifs is 1. The van der Waals surface area contributed by atoms with E-state index in [-0.39, 0.29) is 0 Å². The predicted molar refractivity (Wildman–Crippen MR) is 49.6 cm³/mol. The standard InChI is InChI=1S/C7H3Cl2NS/c8-5-1-2-10-7-4(5)3-6(9)11-7/h1-3H. The van der Waals surface area contributed by atoms with Gasteiger partial charge in [0.05, 0.1) is 9.36 Å². The van der Waals surface area contributed by atoms with Crippen LogP contribution in [0.2, 0.25) is 9.36 Å². The van der Waals surface area contributed by atoms with Crippen LogP contribution >= 0.6 is 34.5 Å². The zero-order chi connectivity index (χ0) is 7.84. The molecule has 56 valence electrons. The number of rotatable bonds is 0. The van der Waals surface area contributed by atoms with Crippen LogP contribution in [0.5, 0.6) is 0 Å². The van der Waals surface area contributed by atoms with Crippen LogP contribution in [-0.4, -0.2) is 4.98 Å². The van der Waals surface area contributed by atoms with Gasteiger partial charge in [0.15, 0.2) is 0 Å². The van der Waals surface area contributed by atoms with Gasteiger partial charge in [0.2, 0.25) is 0 Å². The number of hydrogen-bond donors (Lipinski definition) is 0. The van der Waals surface area contributed by atoms with E-state index in [9.17, 15) is 0 Å². The first kappa shape index (κ1) is 7.35. The van der Waals surface area contributed by atoms with Gasteiger partial charge in [-0.1, -0.05) is 23.2 Å². The summed E-state index contributed by atoms with van der Waals surface area (Å²) in [6.45, 7) is 0. The number of halogens is 2. The van der Waals surface area contributed by atoms with Crippen LogP contribution in [0.1, 0.15) is 0 Å². The van der Waals surface area contributed by atoms with Crippen molar-refractivity contribution in [2.75, 3.05) is 0 Å². The van der Waals surface area contributed by atoms with Crippen molar-refractivity contribution in [3.63, 3.8) is 0 Å². The molecule has 0 atom stereocenters. The fourth-order valence-electron chi connectivity index (χ4n) is 0.879. The van der Waals surface area contributed by atoms with E-state index in [1.807, 2.05) is 6.07 Å². The largest absolute Gasteiger partial charge is 0.245 e. The van der Waals surface area contributed by atoms with Gasteiger partial charge >= 0.3 is 0 Å². The third kappa shape index (κ3) is 1.22. The van der Waals surface area contributed by atoms with Gasteiger partial charge in [-0.3, -0.25) is 0 Å². The molecule has 0 unspecified atom stereocenters. The third-order valence-corrected chi connectivity index (χ3v) is 2.85. The Bertz CT molecular complexity index is 396. The first-order valence-corrected chi connectivity index (χ1v) is 4.54. The lowest BCUT2D eigenvalue weighted by atomic mass is 10.3. The second-order valence-corrected chi connectivity index (χ2v) is 4.13. The SMILES string of the molecule is Clc1cc2c(Cl)ccnc2s1. The first-order chi connectivity index (χ1) is 5.27. The van der Waals surface area contributed by atoms with Gasteiger partial charge in [-0.05, 0) is 12.1 Å². The minimum absolute atomic E-state index is 0.707. The second kappa shape index (κ2) is 2.63. The van der Waals surface area contributed by atoms with Crippen LogP contribution in [0, 0.1) is 0 Å². The molecular weight excluding hydrogens is 201 g/mol. The maximum atomic E-state index is 5.88. The highest BCUT2D eigenvalue weighted by Gasteiger charge is 2.02. The van der Waals surface area contributed by atoms with Crippen molar-refractivity contribution in [1.82, 2.24) is 4.98 Å². The van der Waals surface area contributed by atoms with Crippen molar-refractivity contribution in [2.45, 2.75) is 0 Å². The maximum Gasteiger partial charge on any atom is 0.126 e. The molecule has 2 heterocycles. The summed E-state index contributed by atoms with van der Waals surface area (Å²) in [4.78, 5) is 5.00. The molecule has 0 N–H and O–H groups in total. The number of thiophene rings is 1. The Morgan fingerprint density at radius 2 is 2.18 bits per heavy atom. The topological polar surface area (TPSA) is 12.9 Å². The molecule has 1 nitrogen and oxygen atoms in total. The molecule has 0 aliphatic rings. The van der Waals surface area contributed by atoms with E-state index in [4.69, 9.17) is 23.2 Å². The van der Waals surface area contributed by atoms with Crippen LogP contribution in [0.25, 0.3) is 10.2 Å². The highest BCUT2D eigenvalue weighted by atomic mass is 35.5. The predicted octanol–water partition coefficient (Wildman–Crippen LogP) is 3.60. The van der Waals surface area contributed by atoms with Crippen LogP contribution in [0.15, 0.2) is 18.3 Å². The quantitative estimate of drug-likeness (QED) is 0.638. The van der Waals surface area contributed by atoms with Crippen LogP contribution in [-0.2, 0) is 0 Å². The number of pyridine rings is 1. The summed E-state index contributed by atoms with van der Waals surface area (Å²) in [5, 5.41) is 1.64. The second-order valence-electron chi connectivity index (χ2n) is 2.06. The Balaban J connectivity index is 2.90. The molecule has 4 heteroatoms. The molecule has 0 saturated heterocycles. The molecule has 0 aliphatic heterocycles. The molecule has 2 aromatic rings. The van der Waals surface area contributed by atoms with Gasteiger partial charge in [0, 0.05) is 11.6 Å². The van der Waals surface area contributed by atoms with Gasteiger partial charge in [-0.15, -0.1) is 11.3 Å². The van der Waals surface area contributed by atoms with E-state index >= 15 is 0 Å². The Morgan fingerprint density at radius 3 is 2.91 bits per heavy atom. The molecule has 2 rings (SSSR count). The zero-order valence-corrected chi connectivity index (χ0v) is 7.67. The molecule has 0 bridgehead atoms. The summed E-state index contributed by atoms with van der Waals surface area (Å²) in [6, 6.07) is 3.59. The van der Waals surface area contributed by atoms with Gasteiger partial charge in [-0.25, -0.2) is 4.98 Å². The Hall–Kier alpha value is -0.310. The minimum atomic E-state index is 0.707. The summed E-state index contributed by atoms with van der Waals surface area (Å²) in [5.41, 5.74) is 0. The number of nitrogens with zero attached hydrogens (tertiary/aromatic N) is 1.